The van der Waals surface area contributed by atoms with E-state index in [0.717, 1.165) is 17.5 Å². The highest BCUT2D eigenvalue weighted by Gasteiger charge is 2.19. The molecule has 4 heteroatoms. The van der Waals surface area contributed by atoms with E-state index in [0.29, 0.717) is 5.75 Å². The molecule has 0 bridgehead atoms. The Labute approximate surface area is 96.2 Å². The molecule has 0 spiro atoms. The fourth-order valence-electron chi connectivity index (χ4n) is 1.62. The van der Waals surface area contributed by atoms with Gasteiger partial charge in [-0.1, -0.05) is 19.1 Å². The van der Waals surface area contributed by atoms with Crippen LogP contribution in [0.5, 0.6) is 5.75 Å². The SMILES string of the molecule is CCc1ccc(OC)c(C(N)C(O)CN)c1. The number of ether oxygens (including phenoxy) is 1. The predicted octanol–water partition coefficient (Wildman–Crippen LogP) is 0.577. The number of methoxy groups -OCH3 is 1. The molecule has 4 nitrogen and oxygen atoms in total. The smallest absolute Gasteiger partial charge is 0.123 e. The van der Waals surface area contributed by atoms with E-state index in [9.17, 15) is 5.11 Å². The number of benzene rings is 1. The predicted molar refractivity (Wildman–Crippen MR) is 64.4 cm³/mol. The fourth-order valence-corrected chi connectivity index (χ4v) is 1.62. The maximum atomic E-state index is 9.66. The van der Waals surface area contributed by atoms with Crippen molar-refractivity contribution >= 4 is 0 Å². The molecular formula is C12H20N2O2. The van der Waals surface area contributed by atoms with Gasteiger partial charge in [-0.3, -0.25) is 0 Å². The van der Waals surface area contributed by atoms with E-state index >= 15 is 0 Å². The van der Waals surface area contributed by atoms with Crippen LogP contribution in [0.2, 0.25) is 0 Å². The standard InChI is InChI=1S/C12H20N2O2/c1-3-8-4-5-11(16-2)9(6-8)12(14)10(15)7-13/h4-6,10,12,15H,3,7,13-14H2,1-2H3. The lowest BCUT2D eigenvalue weighted by atomic mass is 9.98. The van der Waals surface area contributed by atoms with Crippen LogP contribution < -0.4 is 16.2 Å². The zero-order valence-electron chi connectivity index (χ0n) is 9.81. The summed E-state index contributed by atoms with van der Waals surface area (Å²) in [5.41, 5.74) is 13.3. The highest BCUT2D eigenvalue weighted by molar-refractivity contribution is 5.40. The molecular weight excluding hydrogens is 204 g/mol. The van der Waals surface area contributed by atoms with Crippen LogP contribution in [0.3, 0.4) is 0 Å². The molecule has 2 unspecified atom stereocenters. The normalized spacial score (nSPS) is 14.6. The second-order valence-corrected chi connectivity index (χ2v) is 3.76. The van der Waals surface area contributed by atoms with Gasteiger partial charge in [0, 0.05) is 12.1 Å². The molecule has 0 fully saturated rings. The Kier molecular flexibility index (Phi) is 4.73. The Morgan fingerprint density at radius 1 is 1.44 bits per heavy atom. The van der Waals surface area contributed by atoms with Crippen LogP contribution in [-0.2, 0) is 6.42 Å². The number of aryl methyl sites for hydroxylation is 1. The van der Waals surface area contributed by atoms with Crippen molar-refractivity contribution in [2.75, 3.05) is 13.7 Å². The molecule has 1 rings (SSSR count). The topological polar surface area (TPSA) is 81.5 Å². The van der Waals surface area contributed by atoms with E-state index in [-0.39, 0.29) is 6.54 Å². The Morgan fingerprint density at radius 2 is 2.12 bits per heavy atom. The molecule has 0 saturated heterocycles. The van der Waals surface area contributed by atoms with Crippen LogP contribution in [-0.4, -0.2) is 24.9 Å². The maximum Gasteiger partial charge on any atom is 0.123 e. The molecule has 0 aliphatic carbocycles. The lowest BCUT2D eigenvalue weighted by Gasteiger charge is -2.20. The molecule has 0 amide bonds. The summed E-state index contributed by atoms with van der Waals surface area (Å²) in [5.74, 6) is 0.692. The summed E-state index contributed by atoms with van der Waals surface area (Å²) in [6.07, 6.45) is 0.170. The summed E-state index contributed by atoms with van der Waals surface area (Å²) < 4.78 is 5.23. The minimum absolute atomic E-state index is 0.140. The van der Waals surface area contributed by atoms with Gasteiger partial charge in [-0.25, -0.2) is 0 Å². The molecule has 0 saturated carbocycles. The highest BCUT2D eigenvalue weighted by atomic mass is 16.5. The van der Waals surface area contributed by atoms with E-state index in [4.69, 9.17) is 16.2 Å². The second kappa shape index (κ2) is 5.84. The Morgan fingerprint density at radius 3 is 2.62 bits per heavy atom. The van der Waals surface area contributed by atoms with E-state index in [1.165, 1.54) is 0 Å². The Hall–Kier alpha value is -1.10. The zero-order valence-corrected chi connectivity index (χ0v) is 9.81. The van der Waals surface area contributed by atoms with Crippen molar-refractivity contribution in [2.24, 2.45) is 11.5 Å². The maximum absolute atomic E-state index is 9.66. The van der Waals surface area contributed by atoms with Crippen LogP contribution in [0.25, 0.3) is 0 Å². The van der Waals surface area contributed by atoms with Gasteiger partial charge in [0.15, 0.2) is 0 Å². The molecule has 0 heterocycles. The first-order valence-corrected chi connectivity index (χ1v) is 5.44. The molecule has 5 N–H and O–H groups in total. The number of aliphatic hydroxyl groups is 1. The quantitative estimate of drug-likeness (QED) is 0.683. The molecule has 0 radical (unpaired) electrons. The Balaban J connectivity index is 3.07. The van der Waals surface area contributed by atoms with Crippen molar-refractivity contribution in [3.8, 4) is 5.75 Å². The molecule has 16 heavy (non-hydrogen) atoms. The monoisotopic (exact) mass is 224 g/mol. The van der Waals surface area contributed by atoms with Gasteiger partial charge in [0.05, 0.1) is 19.3 Å². The van der Waals surface area contributed by atoms with Crippen molar-refractivity contribution < 1.29 is 9.84 Å². The van der Waals surface area contributed by atoms with Gasteiger partial charge in [0.25, 0.3) is 0 Å². The minimum atomic E-state index is -0.749. The second-order valence-electron chi connectivity index (χ2n) is 3.76. The van der Waals surface area contributed by atoms with Gasteiger partial charge in [-0.2, -0.15) is 0 Å². The van der Waals surface area contributed by atoms with Crippen molar-refractivity contribution in [1.82, 2.24) is 0 Å². The lowest BCUT2D eigenvalue weighted by Crippen LogP contribution is -2.33. The van der Waals surface area contributed by atoms with Gasteiger partial charge < -0.3 is 21.3 Å². The van der Waals surface area contributed by atoms with Crippen LogP contribution in [0, 0.1) is 0 Å². The minimum Gasteiger partial charge on any atom is -0.496 e. The first kappa shape index (κ1) is 13.0. The summed E-state index contributed by atoms with van der Waals surface area (Å²) in [7, 11) is 1.59. The average Bonchev–Trinajstić information content (AvgIpc) is 2.35. The summed E-state index contributed by atoms with van der Waals surface area (Å²) in [6, 6.07) is 5.32. The molecule has 2 atom stereocenters. The van der Waals surface area contributed by atoms with Gasteiger partial charge in [0.1, 0.15) is 5.75 Å². The van der Waals surface area contributed by atoms with E-state index < -0.39 is 12.1 Å². The van der Waals surface area contributed by atoms with Gasteiger partial charge >= 0.3 is 0 Å². The first-order chi connectivity index (χ1) is 7.63. The van der Waals surface area contributed by atoms with Crippen molar-refractivity contribution in [2.45, 2.75) is 25.5 Å². The van der Waals surface area contributed by atoms with E-state index in [1.54, 1.807) is 7.11 Å². The third-order valence-electron chi connectivity index (χ3n) is 2.72. The van der Waals surface area contributed by atoms with Crippen LogP contribution in [0.4, 0.5) is 0 Å². The lowest BCUT2D eigenvalue weighted by molar-refractivity contribution is 0.151. The number of aliphatic hydroxyl groups excluding tert-OH is 1. The molecule has 0 aromatic heterocycles. The number of hydrogen-bond acceptors (Lipinski definition) is 4. The Bertz CT molecular complexity index is 342. The van der Waals surface area contributed by atoms with E-state index in [1.807, 2.05) is 18.2 Å². The summed E-state index contributed by atoms with van der Waals surface area (Å²) in [4.78, 5) is 0. The van der Waals surface area contributed by atoms with E-state index in [2.05, 4.69) is 6.92 Å². The molecule has 0 aliphatic rings. The summed E-state index contributed by atoms with van der Waals surface area (Å²) in [6.45, 7) is 2.21. The highest BCUT2D eigenvalue weighted by Crippen LogP contribution is 2.27. The van der Waals surface area contributed by atoms with Crippen molar-refractivity contribution in [3.05, 3.63) is 29.3 Å². The third kappa shape index (κ3) is 2.72. The zero-order chi connectivity index (χ0) is 12.1. The van der Waals surface area contributed by atoms with Crippen molar-refractivity contribution in [1.29, 1.82) is 0 Å². The van der Waals surface area contributed by atoms with Gasteiger partial charge in [-0.05, 0) is 18.1 Å². The van der Waals surface area contributed by atoms with Crippen LogP contribution in [0.15, 0.2) is 18.2 Å². The van der Waals surface area contributed by atoms with Crippen LogP contribution in [0.1, 0.15) is 24.1 Å². The van der Waals surface area contributed by atoms with Gasteiger partial charge in [-0.15, -0.1) is 0 Å². The van der Waals surface area contributed by atoms with Crippen molar-refractivity contribution in [3.63, 3.8) is 0 Å². The first-order valence-electron chi connectivity index (χ1n) is 5.44. The third-order valence-corrected chi connectivity index (χ3v) is 2.72. The number of rotatable bonds is 5. The molecule has 90 valence electrons. The molecule has 1 aromatic rings. The number of hydrogen-bond donors (Lipinski definition) is 3. The molecule has 1 aromatic carbocycles. The largest absolute Gasteiger partial charge is 0.496 e. The molecule has 0 aliphatic heterocycles. The summed E-state index contributed by atoms with van der Waals surface area (Å²) >= 11 is 0. The number of nitrogens with two attached hydrogens (primary N) is 2. The fraction of sp³-hybridized carbons (Fsp3) is 0.500. The summed E-state index contributed by atoms with van der Waals surface area (Å²) in [5, 5.41) is 9.66. The van der Waals surface area contributed by atoms with Crippen LogP contribution >= 0.6 is 0 Å². The van der Waals surface area contributed by atoms with Gasteiger partial charge in [0.2, 0.25) is 0 Å². The average molecular weight is 224 g/mol.